The molecule has 0 radical (unpaired) electrons. The molecule has 0 unspecified atom stereocenters. The summed E-state index contributed by atoms with van der Waals surface area (Å²) in [6, 6.07) is 6.80. The molecule has 0 fully saturated rings. The highest BCUT2D eigenvalue weighted by molar-refractivity contribution is 8.13. The third-order valence-electron chi connectivity index (χ3n) is 2.63. The van der Waals surface area contributed by atoms with Crippen LogP contribution in [0.25, 0.3) is 0 Å². The minimum Gasteiger partial charge on any atom is -0.268 e. The number of thiocarbonyl (C=S) groups is 1. The van der Waals surface area contributed by atoms with Crippen molar-refractivity contribution in [3.8, 4) is 0 Å². The van der Waals surface area contributed by atoms with Crippen molar-refractivity contribution in [2.24, 2.45) is 0 Å². The van der Waals surface area contributed by atoms with Crippen molar-refractivity contribution in [2.75, 3.05) is 11.5 Å². The molecular formula is C13H14N2O2S3. The van der Waals surface area contributed by atoms with Gasteiger partial charge in [-0.2, -0.15) is 0 Å². The maximum Gasteiger partial charge on any atom is 0.268 e. The monoisotopic (exact) mass is 326 g/mol. The van der Waals surface area contributed by atoms with Gasteiger partial charge in [0.25, 0.3) is 11.8 Å². The Hall–Kier alpha value is -1.05. The lowest BCUT2D eigenvalue weighted by molar-refractivity contribution is 0.0746. The van der Waals surface area contributed by atoms with Crippen LogP contribution in [0.2, 0.25) is 0 Å². The largest absolute Gasteiger partial charge is 0.268 e. The fourth-order valence-corrected chi connectivity index (χ4v) is 4.09. The summed E-state index contributed by atoms with van der Waals surface area (Å²) in [5, 5.41) is 0.245. The van der Waals surface area contributed by atoms with Crippen LogP contribution < -0.4 is 0 Å². The van der Waals surface area contributed by atoms with E-state index in [1.165, 1.54) is 23.9 Å². The van der Waals surface area contributed by atoms with E-state index >= 15 is 0 Å². The predicted octanol–water partition coefficient (Wildman–Crippen LogP) is 3.21. The molecule has 106 valence electrons. The molecule has 2 amide bonds. The molecule has 1 aromatic rings. The number of carbonyl (C=O) groups excluding carboxylic acids is 2. The Morgan fingerprint density at radius 2 is 1.55 bits per heavy atom. The Kier molecular flexibility index (Phi) is 5.06. The maximum atomic E-state index is 12.3. The van der Waals surface area contributed by atoms with Crippen molar-refractivity contribution >= 4 is 53.0 Å². The molecule has 0 spiro atoms. The lowest BCUT2D eigenvalue weighted by Crippen LogP contribution is -2.41. The van der Waals surface area contributed by atoms with Crippen molar-refractivity contribution in [3.05, 3.63) is 35.4 Å². The van der Waals surface area contributed by atoms with Gasteiger partial charge in [0.1, 0.15) is 0 Å². The minimum absolute atomic E-state index is 0.245. The summed E-state index contributed by atoms with van der Waals surface area (Å²) in [7, 11) is 0. The van der Waals surface area contributed by atoms with Gasteiger partial charge in [-0.25, -0.2) is 8.61 Å². The number of hydrogen-bond donors (Lipinski definition) is 0. The van der Waals surface area contributed by atoms with Gasteiger partial charge >= 0.3 is 0 Å². The highest BCUT2D eigenvalue weighted by atomic mass is 32.2. The topological polar surface area (TPSA) is 40.6 Å². The molecule has 0 saturated heterocycles. The third-order valence-corrected chi connectivity index (χ3v) is 5.19. The molecule has 1 aliphatic heterocycles. The Morgan fingerprint density at radius 1 is 1.10 bits per heavy atom. The second-order valence-electron chi connectivity index (χ2n) is 3.87. The predicted molar refractivity (Wildman–Crippen MR) is 87.6 cm³/mol. The summed E-state index contributed by atoms with van der Waals surface area (Å²) < 4.78 is 1.76. The summed E-state index contributed by atoms with van der Waals surface area (Å²) in [6.45, 7) is 4.00. The lowest BCUT2D eigenvalue weighted by Gasteiger charge is -2.25. The smallest absolute Gasteiger partial charge is 0.268 e. The molecular weight excluding hydrogens is 312 g/mol. The Bertz CT molecular complexity index is 521. The molecule has 1 aromatic carbocycles. The molecule has 0 N–H and O–H groups in total. The number of imide groups is 1. The first-order valence-corrected chi connectivity index (χ1v) is 8.48. The van der Waals surface area contributed by atoms with E-state index in [1.807, 2.05) is 13.8 Å². The molecule has 2 rings (SSSR count). The molecule has 0 saturated carbocycles. The fourth-order valence-electron chi connectivity index (χ4n) is 1.83. The van der Waals surface area contributed by atoms with Gasteiger partial charge < -0.3 is 0 Å². The third kappa shape index (κ3) is 2.70. The summed E-state index contributed by atoms with van der Waals surface area (Å²) in [5.74, 6) is 0.954. The molecule has 7 heteroatoms. The zero-order valence-electron chi connectivity index (χ0n) is 11.2. The zero-order valence-corrected chi connectivity index (χ0v) is 13.6. The molecule has 1 heterocycles. The van der Waals surface area contributed by atoms with Crippen LogP contribution in [0.5, 0.6) is 0 Å². The number of nitrogens with zero attached hydrogens (tertiary/aromatic N) is 2. The lowest BCUT2D eigenvalue weighted by atomic mass is 10.1. The first-order chi connectivity index (χ1) is 9.61. The van der Waals surface area contributed by atoms with Crippen LogP contribution in [0.1, 0.15) is 34.6 Å². The zero-order chi connectivity index (χ0) is 14.7. The number of hydrogen-bond acceptors (Lipinski definition) is 5. The quantitative estimate of drug-likeness (QED) is 0.481. The molecule has 0 atom stereocenters. The van der Waals surface area contributed by atoms with Crippen LogP contribution in [0.4, 0.5) is 0 Å². The van der Waals surface area contributed by atoms with Gasteiger partial charge in [0.05, 0.1) is 11.1 Å². The second-order valence-corrected chi connectivity index (χ2v) is 6.86. The van der Waals surface area contributed by atoms with E-state index < -0.39 is 0 Å². The van der Waals surface area contributed by atoms with Crippen LogP contribution in [0.3, 0.4) is 0 Å². The Morgan fingerprint density at radius 3 is 1.95 bits per heavy atom. The van der Waals surface area contributed by atoms with Crippen LogP contribution >= 0.6 is 36.1 Å². The number of benzene rings is 1. The summed E-state index contributed by atoms with van der Waals surface area (Å²) in [5.41, 5.74) is 0.839. The van der Waals surface area contributed by atoms with Gasteiger partial charge in [0.15, 0.2) is 0 Å². The van der Waals surface area contributed by atoms with E-state index in [-0.39, 0.29) is 16.9 Å². The number of amides is 2. The summed E-state index contributed by atoms with van der Waals surface area (Å²) in [4.78, 5) is 25.8. The summed E-state index contributed by atoms with van der Waals surface area (Å²) in [6.07, 6.45) is 0. The van der Waals surface area contributed by atoms with Crippen LogP contribution in [0.15, 0.2) is 24.3 Å². The Balaban J connectivity index is 2.28. The van der Waals surface area contributed by atoms with Crippen molar-refractivity contribution < 1.29 is 9.59 Å². The standard InChI is InChI=1S/C13H14N2O2S3/c1-3-19-15(20-4-2)13(18)14-11(16)9-7-5-6-8-10(9)12(14)17/h5-8H,3-4H2,1-2H3. The van der Waals surface area contributed by atoms with Gasteiger partial charge in [-0.15, -0.1) is 0 Å². The van der Waals surface area contributed by atoms with E-state index in [4.69, 9.17) is 12.2 Å². The van der Waals surface area contributed by atoms with Gasteiger partial charge in [0.2, 0.25) is 5.11 Å². The van der Waals surface area contributed by atoms with Gasteiger partial charge in [-0.05, 0) is 48.2 Å². The van der Waals surface area contributed by atoms with Crippen molar-refractivity contribution in [1.82, 2.24) is 8.61 Å². The molecule has 0 bridgehead atoms. The van der Waals surface area contributed by atoms with E-state index in [1.54, 1.807) is 28.0 Å². The summed E-state index contributed by atoms with van der Waals surface area (Å²) >= 11 is 8.31. The van der Waals surface area contributed by atoms with E-state index in [0.29, 0.717) is 11.1 Å². The highest BCUT2D eigenvalue weighted by Gasteiger charge is 2.39. The van der Waals surface area contributed by atoms with E-state index in [2.05, 4.69) is 0 Å². The maximum absolute atomic E-state index is 12.3. The van der Waals surface area contributed by atoms with E-state index in [9.17, 15) is 9.59 Å². The molecule has 20 heavy (non-hydrogen) atoms. The molecule has 0 aliphatic carbocycles. The van der Waals surface area contributed by atoms with Crippen molar-refractivity contribution in [3.63, 3.8) is 0 Å². The first-order valence-electron chi connectivity index (χ1n) is 6.19. The number of carbonyl (C=O) groups is 2. The molecule has 1 aliphatic rings. The Labute approximate surface area is 132 Å². The van der Waals surface area contributed by atoms with Gasteiger partial charge in [0, 0.05) is 11.5 Å². The number of rotatable bonds is 4. The molecule has 4 nitrogen and oxygen atoms in total. The minimum atomic E-state index is -0.339. The van der Waals surface area contributed by atoms with Crippen LogP contribution in [0, 0.1) is 0 Å². The van der Waals surface area contributed by atoms with Crippen LogP contribution in [-0.2, 0) is 0 Å². The van der Waals surface area contributed by atoms with E-state index in [0.717, 1.165) is 16.4 Å². The average Bonchev–Trinajstić information content (AvgIpc) is 2.71. The normalized spacial score (nSPS) is 13.6. The fraction of sp³-hybridized carbons (Fsp3) is 0.308. The number of fused-ring (bicyclic) bond motifs is 1. The van der Waals surface area contributed by atoms with Crippen LogP contribution in [-0.4, -0.2) is 37.0 Å². The average molecular weight is 326 g/mol. The SMILES string of the molecule is CCSN(SCC)C(=S)N1C(=O)c2ccccc2C1=O. The second kappa shape index (κ2) is 6.60. The van der Waals surface area contributed by atoms with Gasteiger partial charge in [-0.3, -0.25) is 9.59 Å². The van der Waals surface area contributed by atoms with Crippen molar-refractivity contribution in [1.29, 1.82) is 0 Å². The first kappa shape index (κ1) is 15.3. The van der Waals surface area contributed by atoms with Gasteiger partial charge in [-0.1, -0.05) is 26.0 Å². The highest BCUT2D eigenvalue weighted by Crippen LogP contribution is 2.29. The molecule has 0 aromatic heterocycles. The van der Waals surface area contributed by atoms with Crippen molar-refractivity contribution in [2.45, 2.75) is 13.8 Å².